The first-order chi connectivity index (χ1) is 11.1. The van der Waals surface area contributed by atoms with Gasteiger partial charge in [0.2, 0.25) is 0 Å². The molecule has 2 fully saturated rings. The van der Waals surface area contributed by atoms with Gasteiger partial charge in [-0.1, -0.05) is 0 Å². The molecule has 1 aromatic heterocycles. The average Bonchev–Trinajstić information content (AvgIpc) is 3.06. The zero-order chi connectivity index (χ0) is 16.2. The second-order valence-electron chi connectivity index (χ2n) is 6.90. The number of aromatic nitrogens is 2. The minimum absolute atomic E-state index is 0.119. The quantitative estimate of drug-likeness (QED) is 0.856. The predicted octanol–water partition coefficient (Wildman–Crippen LogP) is 2.57. The van der Waals surface area contributed by atoms with Crippen LogP contribution in [-0.2, 0) is 0 Å². The van der Waals surface area contributed by atoms with Gasteiger partial charge in [0.1, 0.15) is 5.82 Å². The molecule has 0 saturated carbocycles. The molecule has 0 radical (unpaired) electrons. The van der Waals surface area contributed by atoms with Gasteiger partial charge in [0.15, 0.2) is 0 Å². The maximum atomic E-state index is 13.0. The van der Waals surface area contributed by atoms with Crippen LogP contribution >= 0.6 is 0 Å². The second kappa shape index (κ2) is 7.39. The van der Waals surface area contributed by atoms with E-state index in [0.29, 0.717) is 11.6 Å². The van der Waals surface area contributed by atoms with Crippen LogP contribution in [0.1, 0.15) is 60.4 Å². The Hall–Kier alpha value is -1.49. The van der Waals surface area contributed by atoms with Crippen molar-refractivity contribution < 1.29 is 4.79 Å². The lowest BCUT2D eigenvalue weighted by molar-refractivity contribution is 0.0586. The van der Waals surface area contributed by atoms with Gasteiger partial charge in [0, 0.05) is 25.3 Å². The highest BCUT2D eigenvalue weighted by atomic mass is 16.2. The molecule has 3 rings (SSSR count). The predicted molar refractivity (Wildman–Crippen MR) is 90.5 cm³/mol. The zero-order valence-electron chi connectivity index (χ0n) is 14.4. The van der Waals surface area contributed by atoms with E-state index in [1.54, 1.807) is 6.20 Å². The Morgan fingerprint density at radius 1 is 1.17 bits per heavy atom. The van der Waals surface area contributed by atoms with Crippen molar-refractivity contribution in [2.24, 2.45) is 0 Å². The number of carbonyl (C=O) groups excluding carboxylic acids is 1. The van der Waals surface area contributed by atoms with Gasteiger partial charge in [-0.25, -0.2) is 9.97 Å². The highest BCUT2D eigenvalue weighted by Crippen LogP contribution is 2.23. The fraction of sp³-hybridized carbons (Fsp3) is 0.722. The smallest absolute Gasteiger partial charge is 0.257 e. The third kappa shape index (κ3) is 3.89. The molecule has 3 heterocycles. The van der Waals surface area contributed by atoms with Crippen LogP contribution in [0.2, 0.25) is 0 Å². The molecule has 1 atom stereocenters. The molecule has 0 aromatic carbocycles. The van der Waals surface area contributed by atoms with Crippen molar-refractivity contribution in [2.45, 2.75) is 58.4 Å². The lowest BCUT2D eigenvalue weighted by Gasteiger charge is -2.37. The topological polar surface area (TPSA) is 49.3 Å². The molecule has 126 valence electrons. The van der Waals surface area contributed by atoms with Gasteiger partial charge in [-0.3, -0.25) is 4.79 Å². The van der Waals surface area contributed by atoms with Crippen LogP contribution < -0.4 is 0 Å². The van der Waals surface area contributed by atoms with Crippen molar-refractivity contribution in [3.63, 3.8) is 0 Å². The first-order valence-electron chi connectivity index (χ1n) is 8.99. The van der Waals surface area contributed by atoms with Crippen LogP contribution in [0.4, 0.5) is 0 Å². The average molecular weight is 316 g/mol. The summed E-state index contributed by atoms with van der Waals surface area (Å²) in [5.74, 6) is 0.844. The molecule has 1 aromatic rings. The normalized spacial score (nSPS) is 22.5. The monoisotopic (exact) mass is 316 g/mol. The molecular weight excluding hydrogens is 288 g/mol. The summed E-state index contributed by atoms with van der Waals surface area (Å²) in [6.45, 7) is 8.22. The van der Waals surface area contributed by atoms with Gasteiger partial charge in [0.05, 0.1) is 11.3 Å². The largest absolute Gasteiger partial charge is 0.336 e. The summed E-state index contributed by atoms with van der Waals surface area (Å²) < 4.78 is 0. The van der Waals surface area contributed by atoms with Crippen molar-refractivity contribution in [1.82, 2.24) is 19.8 Å². The molecule has 23 heavy (non-hydrogen) atoms. The molecule has 0 aliphatic carbocycles. The molecule has 5 nitrogen and oxygen atoms in total. The summed E-state index contributed by atoms with van der Waals surface area (Å²) in [5.41, 5.74) is 1.47. The highest BCUT2D eigenvalue weighted by molar-refractivity contribution is 5.95. The Labute approximate surface area is 139 Å². The van der Waals surface area contributed by atoms with Crippen LogP contribution in [0, 0.1) is 13.8 Å². The molecule has 0 bridgehead atoms. The standard InChI is InChI=1S/C18H28N4O/c1-14-17(13-19-15(2)20-14)18(23)22-11-4-3-7-16(22)8-12-21-9-5-6-10-21/h13,16H,3-12H2,1-2H3/t16-/m0/s1. The summed E-state index contributed by atoms with van der Waals surface area (Å²) in [5, 5.41) is 0. The Bertz CT molecular complexity index is 554. The van der Waals surface area contributed by atoms with Crippen molar-refractivity contribution in [2.75, 3.05) is 26.2 Å². The van der Waals surface area contributed by atoms with Crippen LogP contribution in [-0.4, -0.2) is 57.9 Å². The first kappa shape index (κ1) is 16.4. The number of nitrogens with zero attached hydrogens (tertiary/aromatic N) is 4. The number of likely N-dealkylation sites (tertiary alicyclic amines) is 2. The molecule has 0 spiro atoms. The molecule has 0 N–H and O–H groups in total. The lowest BCUT2D eigenvalue weighted by Crippen LogP contribution is -2.45. The summed E-state index contributed by atoms with van der Waals surface area (Å²) in [7, 11) is 0. The molecular formula is C18H28N4O. The fourth-order valence-electron chi connectivity index (χ4n) is 3.85. The van der Waals surface area contributed by atoms with Gasteiger partial charge in [0.25, 0.3) is 5.91 Å². The zero-order valence-corrected chi connectivity index (χ0v) is 14.4. The van der Waals surface area contributed by atoms with Gasteiger partial charge < -0.3 is 9.80 Å². The van der Waals surface area contributed by atoms with Gasteiger partial charge in [-0.05, 0) is 65.5 Å². The minimum Gasteiger partial charge on any atom is -0.336 e. The Balaban J connectivity index is 1.68. The van der Waals surface area contributed by atoms with Crippen molar-refractivity contribution in [3.05, 3.63) is 23.3 Å². The number of carbonyl (C=O) groups is 1. The molecule has 2 saturated heterocycles. The molecule has 2 aliphatic rings. The van der Waals surface area contributed by atoms with Crippen LogP contribution in [0.5, 0.6) is 0 Å². The summed E-state index contributed by atoms with van der Waals surface area (Å²) in [6, 6.07) is 0.373. The SMILES string of the molecule is Cc1ncc(C(=O)N2CCCC[C@H]2CCN2CCCC2)c(C)n1. The molecule has 0 unspecified atom stereocenters. The van der Waals surface area contributed by atoms with Crippen molar-refractivity contribution in [3.8, 4) is 0 Å². The molecule has 5 heteroatoms. The lowest BCUT2D eigenvalue weighted by atomic mass is 9.98. The van der Waals surface area contributed by atoms with E-state index in [1.807, 2.05) is 13.8 Å². The summed E-state index contributed by atoms with van der Waals surface area (Å²) >= 11 is 0. The van der Waals surface area contributed by atoms with E-state index in [9.17, 15) is 4.79 Å². The maximum absolute atomic E-state index is 13.0. The van der Waals surface area contributed by atoms with Gasteiger partial charge in [-0.15, -0.1) is 0 Å². The number of rotatable bonds is 4. The third-order valence-electron chi connectivity index (χ3n) is 5.20. The highest BCUT2D eigenvalue weighted by Gasteiger charge is 2.29. The molecule has 1 amide bonds. The maximum Gasteiger partial charge on any atom is 0.257 e. The summed E-state index contributed by atoms with van der Waals surface area (Å²) in [4.78, 5) is 26.2. The first-order valence-corrected chi connectivity index (χ1v) is 8.99. The number of aryl methyl sites for hydroxylation is 2. The minimum atomic E-state index is 0.119. The third-order valence-corrected chi connectivity index (χ3v) is 5.20. The number of amides is 1. The second-order valence-corrected chi connectivity index (χ2v) is 6.90. The van der Waals surface area contributed by atoms with Crippen molar-refractivity contribution >= 4 is 5.91 Å². The van der Waals surface area contributed by atoms with E-state index in [-0.39, 0.29) is 5.91 Å². The summed E-state index contributed by atoms with van der Waals surface area (Å²) in [6.07, 6.45) is 8.92. The van der Waals surface area contributed by atoms with E-state index in [0.717, 1.165) is 43.9 Å². The van der Waals surface area contributed by atoms with Crippen LogP contribution in [0.3, 0.4) is 0 Å². The Kier molecular flexibility index (Phi) is 5.26. The van der Waals surface area contributed by atoms with Gasteiger partial charge in [-0.2, -0.15) is 0 Å². The number of piperidine rings is 1. The van der Waals surface area contributed by atoms with E-state index in [4.69, 9.17) is 0 Å². The van der Waals surface area contributed by atoms with E-state index < -0.39 is 0 Å². The van der Waals surface area contributed by atoms with Gasteiger partial charge >= 0.3 is 0 Å². The van der Waals surface area contributed by atoms with Crippen LogP contribution in [0.25, 0.3) is 0 Å². The van der Waals surface area contributed by atoms with E-state index in [2.05, 4.69) is 19.8 Å². The van der Waals surface area contributed by atoms with E-state index >= 15 is 0 Å². The number of hydrogen-bond donors (Lipinski definition) is 0. The molecule has 2 aliphatic heterocycles. The number of hydrogen-bond acceptors (Lipinski definition) is 4. The Morgan fingerprint density at radius 2 is 1.91 bits per heavy atom. The Morgan fingerprint density at radius 3 is 2.65 bits per heavy atom. The van der Waals surface area contributed by atoms with Crippen LogP contribution in [0.15, 0.2) is 6.20 Å². The fourth-order valence-corrected chi connectivity index (χ4v) is 3.85. The van der Waals surface area contributed by atoms with Crippen molar-refractivity contribution in [1.29, 1.82) is 0 Å². The van der Waals surface area contributed by atoms with E-state index in [1.165, 1.54) is 32.4 Å².